The van der Waals surface area contributed by atoms with Gasteiger partial charge in [-0.2, -0.15) is 5.10 Å². The zero-order valence-electron chi connectivity index (χ0n) is 18.6. The Morgan fingerprint density at radius 3 is 2.26 bits per heavy atom. The number of benzene rings is 2. The minimum atomic E-state index is -0.721. The van der Waals surface area contributed by atoms with E-state index in [0.29, 0.717) is 17.9 Å². The number of carbonyl (C=O) groups is 2. The summed E-state index contributed by atoms with van der Waals surface area (Å²) in [5.74, 6) is 0.629. The third kappa shape index (κ3) is 7.77. The number of amides is 2. The smallest absolute Gasteiger partial charge is 0.262 e. The molecule has 0 aliphatic carbocycles. The molecule has 0 spiro atoms. The van der Waals surface area contributed by atoms with Gasteiger partial charge in [-0.25, -0.2) is 5.43 Å². The van der Waals surface area contributed by atoms with Gasteiger partial charge < -0.3 is 14.8 Å². The maximum absolute atomic E-state index is 12.6. The van der Waals surface area contributed by atoms with Crippen molar-refractivity contribution >= 4 is 18.0 Å². The predicted octanol–water partition coefficient (Wildman–Crippen LogP) is 3.78. The zero-order chi connectivity index (χ0) is 22.6. The van der Waals surface area contributed by atoms with Gasteiger partial charge in [0.1, 0.15) is 17.5 Å². The van der Waals surface area contributed by atoms with Gasteiger partial charge in [-0.05, 0) is 66.4 Å². The maximum atomic E-state index is 12.6. The van der Waals surface area contributed by atoms with Crippen LogP contribution in [0.15, 0.2) is 53.6 Å². The Bertz CT molecular complexity index is 861. The molecule has 7 heteroatoms. The molecule has 0 fully saturated rings. The second kappa shape index (κ2) is 12.4. The summed E-state index contributed by atoms with van der Waals surface area (Å²) in [6.45, 7) is 6.53. The van der Waals surface area contributed by atoms with Crippen LogP contribution in [-0.2, 0) is 4.79 Å². The topological polar surface area (TPSA) is 89.0 Å². The lowest BCUT2D eigenvalue weighted by Gasteiger charge is -2.20. The lowest BCUT2D eigenvalue weighted by atomic mass is 10.0. The number of hydrazone groups is 1. The van der Waals surface area contributed by atoms with E-state index in [0.717, 1.165) is 24.2 Å². The highest BCUT2D eigenvalue weighted by atomic mass is 16.5. The third-order valence-electron chi connectivity index (χ3n) is 4.62. The van der Waals surface area contributed by atoms with Crippen molar-refractivity contribution < 1.29 is 19.1 Å². The molecule has 2 N–H and O–H groups in total. The Morgan fingerprint density at radius 1 is 1.03 bits per heavy atom. The first-order valence-electron chi connectivity index (χ1n) is 10.4. The number of unbranched alkanes of at least 4 members (excludes halogenated alkanes) is 1. The molecule has 0 heterocycles. The van der Waals surface area contributed by atoms with E-state index in [1.54, 1.807) is 37.6 Å². The number of methoxy groups -OCH3 is 1. The summed E-state index contributed by atoms with van der Waals surface area (Å²) in [6, 6.07) is 13.4. The van der Waals surface area contributed by atoms with Crippen molar-refractivity contribution in [1.29, 1.82) is 0 Å². The fourth-order valence-corrected chi connectivity index (χ4v) is 2.73. The van der Waals surface area contributed by atoms with E-state index in [2.05, 4.69) is 22.8 Å². The first kappa shape index (κ1) is 23.9. The molecule has 0 saturated carbocycles. The largest absolute Gasteiger partial charge is 0.497 e. The van der Waals surface area contributed by atoms with Gasteiger partial charge in [0.2, 0.25) is 0 Å². The van der Waals surface area contributed by atoms with E-state index < -0.39 is 6.04 Å². The molecule has 166 valence electrons. The van der Waals surface area contributed by atoms with E-state index in [1.165, 1.54) is 0 Å². The van der Waals surface area contributed by atoms with Crippen LogP contribution in [0, 0.1) is 5.92 Å². The van der Waals surface area contributed by atoms with Crippen molar-refractivity contribution in [3.63, 3.8) is 0 Å². The summed E-state index contributed by atoms with van der Waals surface area (Å²) < 4.78 is 10.7. The third-order valence-corrected chi connectivity index (χ3v) is 4.62. The molecule has 0 bridgehead atoms. The highest BCUT2D eigenvalue weighted by molar-refractivity contribution is 5.97. The normalized spacial score (nSPS) is 11.9. The summed E-state index contributed by atoms with van der Waals surface area (Å²) in [5.41, 5.74) is 3.78. The summed E-state index contributed by atoms with van der Waals surface area (Å²) in [6.07, 6.45) is 3.65. The van der Waals surface area contributed by atoms with Gasteiger partial charge in [0.05, 0.1) is 19.9 Å². The quantitative estimate of drug-likeness (QED) is 0.326. The van der Waals surface area contributed by atoms with E-state index in [-0.39, 0.29) is 17.7 Å². The number of ether oxygens (including phenoxy) is 2. The number of hydrogen-bond acceptors (Lipinski definition) is 5. The van der Waals surface area contributed by atoms with Crippen LogP contribution in [0.4, 0.5) is 0 Å². The minimum absolute atomic E-state index is 0.114. The standard InChI is InChI=1S/C24H31N3O4/c1-5-6-15-31-21-11-7-18(8-12-21)16-25-27-24(29)22(17(2)3)26-23(28)19-9-13-20(30-4)14-10-19/h7-14,16-17,22H,5-6,15H2,1-4H3,(H,26,28)(H,27,29). The van der Waals surface area contributed by atoms with Crippen molar-refractivity contribution in [1.82, 2.24) is 10.7 Å². The highest BCUT2D eigenvalue weighted by Crippen LogP contribution is 2.13. The average molecular weight is 426 g/mol. The van der Waals surface area contributed by atoms with Crippen LogP contribution < -0.4 is 20.2 Å². The van der Waals surface area contributed by atoms with Gasteiger partial charge in [-0.15, -0.1) is 0 Å². The van der Waals surface area contributed by atoms with E-state index in [1.807, 2.05) is 38.1 Å². The van der Waals surface area contributed by atoms with Crippen LogP contribution in [0.5, 0.6) is 11.5 Å². The molecule has 2 amide bonds. The minimum Gasteiger partial charge on any atom is -0.497 e. The fraction of sp³-hybridized carbons (Fsp3) is 0.375. The Hall–Kier alpha value is -3.35. The molecule has 7 nitrogen and oxygen atoms in total. The molecule has 0 radical (unpaired) electrons. The Morgan fingerprint density at radius 2 is 1.68 bits per heavy atom. The van der Waals surface area contributed by atoms with E-state index in [9.17, 15) is 9.59 Å². The van der Waals surface area contributed by atoms with Crippen molar-refractivity contribution in [3.8, 4) is 11.5 Å². The number of nitrogens with zero attached hydrogens (tertiary/aromatic N) is 1. The molecule has 0 aliphatic heterocycles. The van der Waals surface area contributed by atoms with E-state index in [4.69, 9.17) is 9.47 Å². The fourth-order valence-electron chi connectivity index (χ4n) is 2.73. The Kier molecular flexibility index (Phi) is 9.55. The van der Waals surface area contributed by atoms with Crippen LogP contribution in [0.3, 0.4) is 0 Å². The van der Waals surface area contributed by atoms with Gasteiger partial charge in [-0.1, -0.05) is 27.2 Å². The molecule has 1 atom stereocenters. The zero-order valence-corrected chi connectivity index (χ0v) is 18.6. The van der Waals surface area contributed by atoms with Crippen molar-refractivity contribution in [2.45, 2.75) is 39.7 Å². The SMILES string of the molecule is CCCCOc1ccc(C=NNC(=O)C(NC(=O)c2ccc(OC)cc2)C(C)C)cc1. The number of rotatable bonds is 11. The van der Waals surface area contributed by atoms with Crippen LogP contribution in [-0.4, -0.2) is 37.8 Å². The van der Waals surface area contributed by atoms with Gasteiger partial charge in [-0.3, -0.25) is 9.59 Å². The Labute approximate surface area is 183 Å². The number of hydrogen-bond donors (Lipinski definition) is 2. The van der Waals surface area contributed by atoms with Gasteiger partial charge in [0, 0.05) is 5.56 Å². The van der Waals surface area contributed by atoms with Crippen LogP contribution in [0.1, 0.15) is 49.5 Å². The molecule has 2 aromatic rings. The first-order valence-corrected chi connectivity index (χ1v) is 10.4. The summed E-state index contributed by atoms with van der Waals surface area (Å²) in [7, 11) is 1.56. The number of carbonyl (C=O) groups excluding carboxylic acids is 2. The molecule has 2 rings (SSSR count). The summed E-state index contributed by atoms with van der Waals surface area (Å²) >= 11 is 0. The Balaban J connectivity index is 1.91. The van der Waals surface area contributed by atoms with Crippen molar-refractivity contribution in [3.05, 3.63) is 59.7 Å². The molecular formula is C24H31N3O4. The highest BCUT2D eigenvalue weighted by Gasteiger charge is 2.24. The van der Waals surface area contributed by atoms with Crippen LogP contribution >= 0.6 is 0 Å². The maximum Gasteiger partial charge on any atom is 0.262 e. The molecule has 0 saturated heterocycles. The second-order valence-electron chi connectivity index (χ2n) is 7.43. The van der Waals surface area contributed by atoms with Gasteiger partial charge >= 0.3 is 0 Å². The van der Waals surface area contributed by atoms with Crippen LogP contribution in [0.25, 0.3) is 0 Å². The monoisotopic (exact) mass is 425 g/mol. The summed E-state index contributed by atoms with van der Waals surface area (Å²) in [5, 5.41) is 6.79. The van der Waals surface area contributed by atoms with E-state index >= 15 is 0 Å². The van der Waals surface area contributed by atoms with Gasteiger partial charge in [0.25, 0.3) is 11.8 Å². The predicted molar refractivity (Wildman–Crippen MR) is 122 cm³/mol. The summed E-state index contributed by atoms with van der Waals surface area (Å²) in [4.78, 5) is 25.1. The first-order chi connectivity index (χ1) is 14.9. The van der Waals surface area contributed by atoms with Crippen LogP contribution in [0.2, 0.25) is 0 Å². The molecule has 1 unspecified atom stereocenters. The molecule has 2 aromatic carbocycles. The van der Waals surface area contributed by atoms with Crippen molar-refractivity contribution in [2.24, 2.45) is 11.0 Å². The molecular weight excluding hydrogens is 394 g/mol. The van der Waals surface area contributed by atoms with Gasteiger partial charge in [0.15, 0.2) is 0 Å². The molecule has 31 heavy (non-hydrogen) atoms. The number of nitrogens with one attached hydrogen (secondary N) is 2. The molecule has 0 aromatic heterocycles. The lowest BCUT2D eigenvalue weighted by Crippen LogP contribution is -2.48. The average Bonchev–Trinajstić information content (AvgIpc) is 2.78. The van der Waals surface area contributed by atoms with Crippen molar-refractivity contribution in [2.75, 3.05) is 13.7 Å². The molecule has 0 aliphatic rings. The lowest BCUT2D eigenvalue weighted by molar-refractivity contribution is -0.123. The second-order valence-corrected chi connectivity index (χ2v) is 7.43.